The molecule has 2 heterocycles. The fourth-order valence-electron chi connectivity index (χ4n) is 3.51. The van der Waals surface area contributed by atoms with E-state index in [9.17, 15) is 13.2 Å². The standard InChI is InChI=1S/C22H24N4O3S/c27-22(19-8-10-21(11-9-19)30(28,29)26-13-4-5-14-26)23-12-15-25-17-20(16-24-25)18-6-2-1-3-7-18/h1-3,6-11,16-17H,4-5,12-15H2,(H,23,27). The van der Waals surface area contributed by atoms with Crippen LogP contribution in [0.15, 0.2) is 71.9 Å². The van der Waals surface area contributed by atoms with Gasteiger partial charge in [0.15, 0.2) is 0 Å². The Kier molecular flexibility index (Phi) is 5.96. The SMILES string of the molecule is O=C(NCCn1cc(-c2ccccc2)cn1)c1ccc(S(=O)(=O)N2CCCC2)cc1. The van der Waals surface area contributed by atoms with E-state index in [4.69, 9.17) is 0 Å². The van der Waals surface area contributed by atoms with Gasteiger partial charge in [-0.1, -0.05) is 30.3 Å². The molecule has 156 valence electrons. The molecule has 0 unspecified atom stereocenters. The Morgan fingerprint density at radius 2 is 1.67 bits per heavy atom. The second kappa shape index (κ2) is 8.81. The van der Waals surface area contributed by atoms with Gasteiger partial charge in [0.1, 0.15) is 0 Å². The molecule has 0 atom stereocenters. The summed E-state index contributed by atoms with van der Waals surface area (Å²) < 4.78 is 28.4. The maximum Gasteiger partial charge on any atom is 0.251 e. The van der Waals surface area contributed by atoms with Gasteiger partial charge in [-0.25, -0.2) is 8.42 Å². The van der Waals surface area contributed by atoms with Crippen LogP contribution in [0.1, 0.15) is 23.2 Å². The van der Waals surface area contributed by atoms with Crippen molar-refractivity contribution in [1.82, 2.24) is 19.4 Å². The van der Waals surface area contributed by atoms with Crippen molar-refractivity contribution in [3.05, 3.63) is 72.6 Å². The highest BCUT2D eigenvalue weighted by Gasteiger charge is 2.27. The largest absolute Gasteiger partial charge is 0.350 e. The molecule has 0 spiro atoms. The summed E-state index contributed by atoms with van der Waals surface area (Å²) in [5.41, 5.74) is 2.55. The third-order valence-corrected chi connectivity index (χ3v) is 7.10. The van der Waals surface area contributed by atoms with Crippen LogP contribution in [0, 0.1) is 0 Å². The fourth-order valence-corrected chi connectivity index (χ4v) is 5.02. The van der Waals surface area contributed by atoms with Gasteiger partial charge in [-0.15, -0.1) is 0 Å². The summed E-state index contributed by atoms with van der Waals surface area (Å²) in [5, 5.41) is 7.18. The summed E-state index contributed by atoms with van der Waals surface area (Å²) in [7, 11) is -3.46. The van der Waals surface area contributed by atoms with Crippen molar-refractivity contribution >= 4 is 15.9 Å². The van der Waals surface area contributed by atoms with E-state index in [1.165, 1.54) is 16.4 Å². The van der Waals surface area contributed by atoms with Crippen molar-refractivity contribution in [2.45, 2.75) is 24.3 Å². The zero-order valence-electron chi connectivity index (χ0n) is 16.6. The first-order valence-corrected chi connectivity index (χ1v) is 11.4. The zero-order chi connectivity index (χ0) is 21.0. The van der Waals surface area contributed by atoms with Crippen LogP contribution in [0.5, 0.6) is 0 Å². The molecule has 4 rings (SSSR count). The van der Waals surface area contributed by atoms with Crippen LogP contribution in [0.3, 0.4) is 0 Å². The van der Waals surface area contributed by atoms with Crippen LogP contribution in [0.2, 0.25) is 0 Å². The van der Waals surface area contributed by atoms with E-state index < -0.39 is 10.0 Å². The van der Waals surface area contributed by atoms with Crippen molar-refractivity contribution in [3.63, 3.8) is 0 Å². The minimum absolute atomic E-state index is 0.228. The second-order valence-corrected chi connectivity index (χ2v) is 9.19. The molecule has 1 fully saturated rings. The minimum atomic E-state index is -3.46. The van der Waals surface area contributed by atoms with Gasteiger partial charge in [0, 0.05) is 37.0 Å². The van der Waals surface area contributed by atoms with Crippen LogP contribution in [-0.2, 0) is 16.6 Å². The Labute approximate surface area is 176 Å². The average molecular weight is 425 g/mol. The third-order valence-electron chi connectivity index (χ3n) is 5.19. The fraction of sp³-hybridized carbons (Fsp3) is 0.273. The smallest absolute Gasteiger partial charge is 0.251 e. The Morgan fingerprint density at radius 1 is 0.967 bits per heavy atom. The van der Waals surface area contributed by atoms with Crippen molar-refractivity contribution in [3.8, 4) is 11.1 Å². The number of hydrogen-bond donors (Lipinski definition) is 1. The third kappa shape index (κ3) is 4.44. The lowest BCUT2D eigenvalue weighted by Crippen LogP contribution is -2.28. The van der Waals surface area contributed by atoms with E-state index in [1.54, 1.807) is 23.0 Å². The van der Waals surface area contributed by atoms with Gasteiger partial charge >= 0.3 is 0 Å². The Bertz CT molecular complexity index is 1100. The van der Waals surface area contributed by atoms with Crippen LogP contribution in [0.4, 0.5) is 0 Å². The maximum atomic E-state index is 12.6. The summed E-state index contributed by atoms with van der Waals surface area (Å²) in [4.78, 5) is 12.6. The molecule has 3 aromatic rings. The number of nitrogens with one attached hydrogen (secondary N) is 1. The van der Waals surface area contributed by atoms with Gasteiger partial charge in [-0.3, -0.25) is 9.48 Å². The van der Waals surface area contributed by atoms with Crippen molar-refractivity contribution in [1.29, 1.82) is 0 Å². The quantitative estimate of drug-likeness (QED) is 0.632. The van der Waals surface area contributed by atoms with Gasteiger partial charge in [-0.2, -0.15) is 9.40 Å². The van der Waals surface area contributed by atoms with Gasteiger partial charge < -0.3 is 5.32 Å². The molecule has 1 amide bonds. The molecule has 1 saturated heterocycles. The Balaban J connectivity index is 1.32. The first-order valence-electron chi connectivity index (χ1n) is 10.0. The lowest BCUT2D eigenvalue weighted by Gasteiger charge is -2.15. The lowest BCUT2D eigenvalue weighted by atomic mass is 10.1. The number of carbonyl (C=O) groups is 1. The highest BCUT2D eigenvalue weighted by atomic mass is 32.2. The van der Waals surface area contributed by atoms with E-state index in [2.05, 4.69) is 10.4 Å². The molecule has 0 saturated carbocycles. The first-order chi connectivity index (χ1) is 14.5. The highest BCUT2D eigenvalue weighted by Crippen LogP contribution is 2.21. The van der Waals surface area contributed by atoms with Crippen molar-refractivity contribution in [2.24, 2.45) is 0 Å². The summed E-state index contributed by atoms with van der Waals surface area (Å²) in [6, 6.07) is 16.1. The summed E-state index contributed by atoms with van der Waals surface area (Å²) in [5.74, 6) is -0.240. The van der Waals surface area contributed by atoms with E-state index in [1.807, 2.05) is 36.5 Å². The number of amides is 1. The van der Waals surface area contributed by atoms with Crippen LogP contribution in [0.25, 0.3) is 11.1 Å². The van der Waals surface area contributed by atoms with E-state index in [0.29, 0.717) is 31.7 Å². The van der Waals surface area contributed by atoms with Crippen LogP contribution in [-0.4, -0.2) is 48.0 Å². The van der Waals surface area contributed by atoms with Gasteiger partial charge in [0.05, 0.1) is 17.6 Å². The molecule has 0 radical (unpaired) electrons. The van der Waals surface area contributed by atoms with Crippen LogP contribution >= 0.6 is 0 Å². The summed E-state index contributed by atoms with van der Waals surface area (Å²) >= 11 is 0. The molecular formula is C22H24N4O3S. The average Bonchev–Trinajstić information content (AvgIpc) is 3.47. The first kappa shape index (κ1) is 20.3. The van der Waals surface area contributed by atoms with Gasteiger partial charge in [-0.05, 0) is 42.7 Å². The normalized spacial score (nSPS) is 14.7. The van der Waals surface area contributed by atoms with E-state index in [-0.39, 0.29) is 10.8 Å². The predicted molar refractivity (Wildman–Crippen MR) is 114 cm³/mol. The van der Waals surface area contributed by atoms with Gasteiger partial charge in [0.25, 0.3) is 5.91 Å². The zero-order valence-corrected chi connectivity index (χ0v) is 17.4. The number of rotatable bonds is 7. The number of carbonyl (C=O) groups excluding carboxylic acids is 1. The molecule has 1 aliphatic heterocycles. The Hall–Kier alpha value is -2.97. The molecule has 0 bridgehead atoms. The molecule has 30 heavy (non-hydrogen) atoms. The van der Waals surface area contributed by atoms with E-state index >= 15 is 0 Å². The number of aromatic nitrogens is 2. The van der Waals surface area contributed by atoms with Crippen LogP contribution < -0.4 is 5.32 Å². The molecule has 7 nitrogen and oxygen atoms in total. The molecule has 1 aliphatic rings. The number of hydrogen-bond acceptors (Lipinski definition) is 4. The topological polar surface area (TPSA) is 84.3 Å². The summed E-state index contributed by atoms with van der Waals surface area (Å²) in [6.45, 7) is 2.08. The van der Waals surface area contributed by atoms with Crippen molar-refractivity contribution in [2.75, 3.05) is 19.6 Å². The summed E-state index contributed by atoms with van der Waals surface area (Å²) in [6.07, 6.45) is 5.53. The van der Waals surface area contributed by atoms with Crippen molar-refractivity contribution < 1.29 is 13.2 Å². The molecule has 1 N–H and O–H groups in total. The number of benzene rings is 2. The van der Waals surface area contributed by atoms with Gasteiger partial charge in [0.2, 0.25) is 10.0 Å². The minimum Gasteiger partial charge on any atom is -0.350 e. The monoisotopic (exact) mass is 424 g/mol. The lowest BCUT2D eigenvalue weighted by molar-refractivity contribution is 0.0952. The molecule has 0 aliphatic carbocycles. The molecule has 8 heteroatoms. The highest BCUT2D eigenvalue weighted by molar-refractivity contribution is 7.89. The Morgan fingerprint density at radius 3 is 2.37 bits per heavy atom. The molecular weight excluding hydrogens is 400 g/mol. The number of nitrogens with zero attached hydrogens (tertiary/aromatic N) is 3. The molecule has 1 aromatic heterocycles. The predicted octanol–water partition coefficient (Wildman–Crippen LogP) is 2.76. The van der Waals surface area contributed by atoms with E-state index in [0.717, 1.165) is 24.0 Å². The molecule has 2 aromatic carbocycles. The number of sulfonamides is 1. The second-order valence-electron chi connectivity index (χ2n) is 7.25. The maximum absolute atomic E-state index is 12.6.